The number of carbonyl (C=O) groups is 1. The Balaban J connectivity index is 1.58. The lowest BCUT2D eigenvalue weighted by molar-refractivity contribution is 0.0946. The van der Waals surface area contributed by atoms with Crippen molar-refractivity contribution in [3.8, 4) is 11.5 Å². The van der Waals surface area contributed by atoms with Gasteiger partial charge < -0.3 is 14.8 Å². The molecule has 1 amide bonds. The van der Waals surface area contributed by atoms with E-state index in [9.17, 15) is 14.4 Å². The van der Waals surface area contributed by atoms with E-state index in [0.29, 0.717) is 29.7 Å². The fourth-order valence-corrected chi connectivity index (χ4v) is 3.53. The van der Waals surface area contributed by atoms with Gasteiger partial charge in [0, 0.05) is 27.1 Å². The lowest BCUT2D eigenvalue weighted by atomic mass is 10.2. The highest BCUT2D eigenvalue weighted by Gasteiger charge is 2.17. The number of benzene rings is 1. The number of hydrogen-bond acceptors (Lipinski definition) is 6. The molecule has 1 N–H and O–H groups in total. The molecule has 0 spiro atoms. The van der Waals surface area contributed by atoms with E-state index in [2.05, 4.69) is 10.3 Å². The van der Waals surface area contributed by atoms with Gasteiger partial charge in [0.1, 0.15) is 11.3 Å². The summed E-state index contributed by atoms with van der Waals surface area (Å²) in [4.78, 5) is 41.2. The number of aryl methyl sites for hydroxylation is 1. The van der Waals surface area contributed by atoms with Crippen LogP contribution in [0, 0.1) is 0 Å². The second kappa shape index (κ2) is 7.83. The summed E-state index contributed by atoms with van der Waals surface area (Å²) in [7, 11) is 2.89. The number of pyridine rings is 1. The summed E-state index contributed by atoms with van der Waals surface area (Å²) in [6, 6.07) is 6.42. The van der Waals surface area contributed by atoms with Crippen molar-refractivity contribution in [2.45, 2.75) is 13.0 Å². The van der Waals surface area contributed by atoms with Crippen molar-refractivity contribution in [2.24, 2.45) is 14.1 Å². The van der Waals surface area contributed by atoms with Crippen LogP contribution in [0.5, 0.6) is 11.5 Å². The third kappa shape index (κ3) is 3.52. The maximum Gasteiger partial charge on any atom is 0.332 e. The minimum atomic E-state index is -0.514. The van der Waals surface area contributed by atoms with Crippen LogP contribution in [0.4, 0.5) is 0 Å². The lowest BCUT2D eigenvalue weighted by Gasteiger charge is -2.12. The second-order valence-electron chi connectivity index (χ2n) is 6.91. The molecule has 4 rings (SSSR count). The molecule has 0 fully saturated rings. The quantitative estimate of drug-likeness (QED) is 0.673. The van der Waals surface area contributed by atoms with Crippen LogP contribution in [0.3, 0.4) is 0 Å². The SMILES string of the molecule is Cn1c(=O)c2ccc(C(=O)NCc3cc(Cl)c4c(c3)OCCCO4)nc2n(C)c1=O. The number of amides is 1. The van der Waals surface area contributed by atoms with Gasteiger partial charge in [0.05, 0.1) is 23.6 Å². The molecule has 0 radical (unpaired) electrons. The van der Waals surface area contributed by atoms with Crippen LogP contribution >= 0.6 is 11.6 Å². The average Bonchev–Trinajstić information content (AvgIpc) is 3.00. The largest absolute Gasteiger partial charge is 0.489 e. The van der Waals surface area contributed by atoms with Crippen LogP contribution in [0.15, 0.2) is 33.9 Å². The Bertz CT molecular complexity index is 1280. The molecule has 10 heteroatoms. The van der Waals surface area contributed by atoms with Gasteiger partial charge in [0.25, 0.3) is 11.5 Å². The van der Waals surface area contributed by atoms with E-state index in [0.717, 1.165) is 16.6 Å². The number of carbonyl (C=O) groups excluding carboxylic acids is 1. The zero-order valence-electron chi connectivity index (χ0n) is 16.4. The fraction of sp³-hybridized carbons (Fsp3) is 0.300. The van der Waals surface area contributed by atoms with Crippen molar-refractivity contribution in [1.29, 1.82) is 0 Å². The summed E-state index contributed by atoms with van der Waals surface area (Å²) < 4.78 is 13.5. The number of nitrogens with one attached hydrogen (secondary N) is 1. The predicted molar refractivity (Wildman–Crippen MR) is 110 cm³/mol. The summed E-state index contributed by atoms with van der Waals surface area (Å²) in [5.41, 5.74) is -0.00554. The van der Waals surface area contributed by atoms with Crippen LogP contribution in [-0.2, 0) is 20.6 Å². The summed E-state index contributed by atoms with van der Waals surface area (Å²) >= 11 is 6.28. The van der Waals surface area contributed by atoms with Gasteiger partial charge in [-0.3, -0.25) is 18.7 Å². The Morgan fingerprint density at radius 2 is 1.93 bits per heavy atom. The Hall–Kier alpha value is -3.33. The molecule has 156 valence electrons. The van der Waals surface area contributed by atoms with Crippen molar-refractivity contribution < 1.29 is 14.3 Å². The first-order valence-electron chi connectivity index (χ1n) is 9.30. The number of rotatable bonds is 3. The molecular formula is C20H19ClN4O5. The maximum atomic E-state index is 12.6. The molecule has 3 aromatic rings. The summed E-state index contributed by atoms with van der Waals surface area (Å²) in [6.07, 6.45) is 0.760. The molecule has 0 aliphatic carbocycles. The molecule has 0 bridgehead atoms. The lowest BCUT2D eigenvalue weighted by Crippen LogP contribution is -2.37. The smallest absolute Gasteiger partial charge is 0.332 e. The number of hydrogen-bond donors (Lipinski definition) is 1. The van der Waals surface area contributed by atoms with E-state index >= 15 is 0 Å². The second-order valence-corrected chi connectivity index (χ2v) is 7.32. The number of halogens is 1. The third-order valence-electron chi connectivity index (χ3n) is 4.85. The highest BCUT2D eigenvalue weighted by molar-refractivity contribution is 6.32. The highest BCUT2D eigenvalue weighted by Crippen LogP contribution is 2.37. The molecule has 3 heterocycles. The Labute approximate surface area is 175 Å². The van der Waals surface area contributed by atoms with Crippen molar-refractivity contribution in [3.05, 3.63) is 61.4 Å². The van der Waals surface area contributed by atoms with E-state index in [1.807, 2.05) is 0 Å². The van der Waals surface area contributed by atoms with Crippen LogP contribution in [0.25, 0.3) is 11.0 Å². The topological polar surface area (TPSA) is 104 Å². The Morgan fingerprint density at radius 3 is 2.73 bits per heavy atom. The molecule has 0 saturated carbocycles. The van der Waals surface area contributed by atoms with Crippen LogP contribution in [0.1, 0.15) is 22.5 Å². The molecule has 1 aliphatic rings. The molecule has 0 saturated heterocycles. The van der Waals surface area contributed by atoms with Gasteiger partial charge in [-0.15, -0.1) is 0 Å². The van der Waals surface area contributed by atoms with Crippen LogP contribution < -0.4 is 26.0 Å². The number of nitrogens with zero attached hydrogens (tertiary/aromatic N) is 3. The molecule has 9 nitrogen and oxygen atoms in total. The number of aromatic nitrogens is 3. The number of fused-ring (bicyclic) bond motifs is 2. The molecule has 30 heavy (non-hydrogen) atoms. The van der Waals surface area contributed by atoms with Crippen molar-refractivity contribution in [2.75, 3.05) is 13.2 Å². The van der Waals surface area contributed by atoms with Gasteiger partial charge in [-0.1, -0.05) is 11.6 Å². The summed E-state index contributed by atoms with van der Waals surface area (Å²) in [6.45, 7) is 1.24. The third-order valence-corrected chi connectivity index (χ3v) is 5.13. The van der Waals surface area contributed by atoms with Crippen LogP contribution in [-0.4, -0.2) is 33.2 Å². The van der Waals surface area contributed by atoms with Crippen molar-refractivity contribution in [1.82, 2.24) is 19.4 Å². The first-order chi connectivity index (χ1) is 14.4. The van der Waals surface area contributed by atoms with Gasteiger partial charge in [0.2, 0.25) is 0 Å². The fourth-order valence-electron chi connectivity index (χ4n) is 3.24. The molecule has 2 aromatic heterocycles. The monoisotopic (exact) mass is 430 g/mol. The summed E-state index contributed by atoms with van der Waals surface area (Å²) in [5.74, 6) is 0.593. The standard InChI is InChI=1S/C20H19ClN4O5/c1-24-17-12(19(27)25(2)20(24)28)4-5-14(23-17)18(26)22-10-11-8-13(21)16-15(9-11)29-6-3-7-30-16/h4-5,8-9H,3,6-7,10H2,1-2H3,(H,22,26). The first-order valence-corrected chi connectivity index (χ1v) is 9.67. The molecule has 1 aromatic carbocycles. The van der Waals surface area contributed by atoms with E-state index in [1.165, 1.54) is 30.8 Å². The van der Waals surface area contributed by atoms with E-state index < -0.39 is 17.2 Å². The van der Waals surface area contributed by atoms with Gasteiger partial charge in [-0.05, 0) is 29.8 Å². The van der Waals surface area contributed by atoms with Crippen molar-refractivity contribution >= 4 is 28.5 Å². The zero-order valence-corrected chi connectivity index (χ0v) is 17.2. The first kappa shape index (κ1) is 20.0. The predicted octanol–water partition coefficient (Wildman–Crippen LogP) is 1.38. The highest BCUT2D eigenvalue weighted by atomic mass is 35.5. The average molecular weight is 431 g/mol. The van der Waals surface area contributed by atoms with Gasteiger partial charge in [-0.25, -0.2) is 9.78 Å². The van der Waals surface area contributed by atoms with Gasteiger partial charge in [0.15, 0.2) is 11.5 Å². The van der Waals surface area contributed by atoms with Gasteiger partial charge in [-0.2, -0.15) is 0 Å². The normalized spacial score (nSPS) is 13.2. The van der Waals surface area contributed by atoms with Gasteiger partial charge >= 0.3 is 5.69 Å². The zero-order chi connectivity index (χ0) is 21.4. The Kier molecular flexibility index (Phi) is 5.21. The summed E-state index contributed by atoms with van der Waals surface area (Å²) in [5, 5.41) is 3.43. The van der Waals surface area contributed by atoms with Crippen LogP contribution in [0.2, 0.25) is 5.02 Å². The Morgan fingerprint density at radius 1 is 1.17 bits per heavy atom. The number of ether oxygens (including phenoxy) is 2. The molecular weight excluding hydrogens is 412 g/mol. The minimum Gasteiger partial charge on any atom is -0.489 e. The molecule has 0 unspecified atom stereocenters. The van der Waals surface area contributed by atoms with E-state index in [-0.39, 0.29) is 23.3 Å². The molecule has 0 atom stereocenters. The molecule has 1 aliphatic heterocycles. The maximum absolute atomic E-state index is 12.6. The minimum absolute atomic E-state index is 0.0891. The van der Waals surface area contributed by atoms with Crippen molar-refractivity contribution in [3.63, 3.8) is 0 Å². The van der Waals surface area contributed by atoms with E-state index in [4.69, 9.17) is 21.1 Å². The van der Waals surface area contributed by atoms with E-state index in [1.54, 1.807) is 12.1 Å².